The zero-order valence-electron chi connectivity index (χ0n) is 9.23. The van der Waals surface area contributed by atoms with E-state index in [-0.39, 0.29) is 29.3 Å². The van der Waals surface area contributed by atoms with E-state index in [4.69, 9.17) is 16.3 Å². The number of hydrogen-bond donors (Lipinski definition) is 1. The van der Waals surface area contributed by atoms with Crippen molar-refractivity contribution in [3.05, 3.63) is 0 Å². The second kappa shape index (κ2) is 4.49. The molecule has 1 N–H and O–H groups in total. The van der Waals surface area contributed by atoms with Crippen molar-refractivity contribution in [2.75, 3.05) is 32.3 Å². The number of hydrogen-bond acceptors (Lipinski definition) is 2. The summed E-state index contributed by atoms with van der Waals surface area (Å²) in [7, 11) is 0. The summed E-state index contributed by atoms with van der Waals surface area (Å²) in [5.74, 6) is -0.276. The molecule has 1 saturated carbocycles. The molecule has 0 aromatic rings. The van der Waals surface area contributed by atoms with E-state index in [0.29, 0.717) is 19.8 Å². The highest BCUT2D eigenvalue weighted by Gasteiger charge is 2.66. The summed E-state index contributed by atoms with van der Waals surface area (Å²) in [4.78, 5) is 11.1. The Hall–Kier alpha value is -0.350. The van der Waals surface area contributed by atoms with Crippen molar-refractivity contribution < 1.29 is 13.9 Å². The fourth-order valence-electron chi connectivity index (χ4n) is 2.87. The number of nitrogens with one attached hydrogen (secondary N) is 1. The largest absolute Gasteiger partial charge is 0.381 e. The summed E-state index contributed by atoms with van der Waals surface area (Å²) in [6, 6.07) is 0. The fraction of sp³-hybridized carbons (Fsp3) is 0.909. The van der Waals surface area contributed by atoms with Crippen molar-refractivity contribution in [2.24, 2.45) is 10.8 Å². The van der Waals surface area contributed by atoms with Crippen LogP contribution in [0.15, 0.2) is 0 Å². The average Bonchev–Trinajstić information content (AvgIpc) is 2.94. The van der Waals surface area contributed by atoms with Gasteiger partial charge in [0.2, 0.25) is 5.91 Å². The first kappa shape index (κ1) is 12.1. The molecule has 0 aromatic carbocycles. The molecule has 1 heterocycles. The van der Waals surface area contributed by atoms with Crippen LogP contribution < -0.4 is 5.32 Å². The number of halogens is 2. The Balaban J connectivity index is 1.92. The van der Waals surface area contributed by atoms with Gasteiger partial charge in [0, 0.05) is 25.2 Å². The van der Waals surface area contributed by atoms with Gasteiger partial charge in [-0.3, -0.25) is 9.18 Å². The minimum absolute atomic E-state index is 0.0571. The molecule has 1 aliphatic carbocycles. The lowest BCUT2D eigenvalue weighted by Crippen LogP contribution is -2.36. The van der Waals surface area contributed by atoms with Crippen LogP contribution in [0.5, 0.6) is 0 Å². The lowest BCUT2D eigenvalue weighted by Gasteiger charge is -2.28. The van der Waals surface area contributed by atoms with Gasteiger partial charge in [0.15, 0.2) is 0 Å². The molecule has 1 unspecified atom stereocenters. The van der Waals surface area contributed by atoms with Gasteiger partial charge >= 0.3 is 0 Å². The van der Waals surface area contributed by atoms with E-state index >= 15 is 0 Å². The van der Waals surface area contributed by atoms with Crippen LogP contribution in [0.3, 0.4) is 0 Å². The first-order chi connectivity index (χ1) is 7.68. The van der Waals surface area contributed by atoms with Gasteiger partial charge in [-0.05, 0) is 24.7 Å². The van der Waals surface area contributed by atoms with E-state index in [2.05, 4.69) is 5.32 Å². The van der Waals surface area contributed by atoms with Gasteiger partial charge in [-0.15, -0.1) is 11.6 Å². The first-order valence-electron chi connectivity index (χ1n) is 5.64. The summed E-state index contributed by atoms with van der Waals surface area (Å²) in [5.41, 5.74) is -0.280. The van der Waals surface area contributed by atoms with Crippen molar-refractivity contribution >= 4 is 17.5 Å². The lowest BCUT2D eigenvalue weighted by molar-refractivity contribution is -0.119. The molecule has 1 saturated heterocycles. The molecule has 0 aromatic heterocycles. The van der Waals surface area contributed by atoms with Crippen molar-refractivity contribution in [1.29, 1.82) is 0 Å². The van der Waals surface area contributed by atoms with Crippen molar-refractivity contribution in [3.63, 3.8) is 0 Å². The lowest BCUT2D eigenvalue weighted by atomic mass is 9.86. The molecular formula is C11H17ClFNO2. The second-order valence-corrected chi connectivity index (χ2v) is 5.16. The Morgan fingerprint density at radius 1 is 1.44 bits per heavy atom. The molecule has 3 nitrogen and oxygen atoms in total. The second-order valence-electron chi connectivity index (χ2n) is 4.89. The third kappa shape index (κ3) is 1.93. The number of carbonyl (C=O) groups excluding carboxylic acids is 1. The van der Waals surface area contributed by atoms with Crippen LogP contribution in [0.2, 0.25) is 0 Å². The van der Waals surface area contributed by atoms with Crippen LogP contribution in [-0.4, -0.2) is 38.2 Å². The normalized spacial score (nSPS) is 31.4. The SMILES string of the molecule is O=C(CCl)NCC1(CF)CC12CCOCC2. The molecular weight excluding hydrogens is 233 g/mol. The topological polar surface area (TPSA) is 38.3 Å². The van der Waals surface area contributed by atoms with Crippen LogP contribution in [0.4, 0.5) is 4.39 Å². The van der Waals surface area contributed by atoms with Gasteiger partial charge in [0.25, 0.3) is 0 Å². The third-order valence-corrected chi connectivity index (χ3v) is 4.37. The van der Waals surface area contributed by atoms with Crippen molar-refractivity contribution in [1.82, 2.24) is 5.32 Å². The molecule has 2 aliphatic rings. The number of alkyl halides is 2. The van der Waals surface area contributed by atoms with Crippen LogP contribution in [-0.2, 0) is 9.53 Å². The van der Waals surface area contributed by atoms with E-state index in [1.807, 2.05) is 0 Å². The van der Waals surface area contributed by atoms with E-state index in [1.54, 1.807) is 0 Å². The highest BCUT2D eigenvalue weighted by Crippen LogP contribution is 2.68. The Morgan fingerprint density at radius 2 is 2.12 bits per heavy atom. The number of rotatable bonds is 4. The van der Waals surface area contributed by atoms with E-state index < -0.39 is 0 Å². The molecule has 16 heavy (non-hydrogen) atoms. The quantitative estimate of drug-likeness (QED) is 0.767. The molecule has 1 amide bonds. The zero-order valence-corrected chi connectivity index (χ0v) is 9.99. The highest BCUT2D eigenvalue weighted by molar-refractivity contribution is 6.27. The van der Waals surface area contributed by atoms with Gasteiger partial charge in [-0.2, -0.15) is 0 Å². The monoisotopic (exact) mass is 249 g/mol. The average molecular weight is 250 g/mol. The first-order valence-corrected chi connectivity index (χ1v) is 6.18. The van der Waals surface area contributed by atoms with Gasteiger partial charge in [0.05, 0.1) is 6.67 Å². The fourth-order valence-corrected chi connectivity index (χ4v) is 2.97. The number of amides is 1. The van der Waals surface area contributed by atoms with Gasteiger partial charge in [-0.1, -0.05) is 0 Å². The molecule has 2 fully saturated rings. The maximum Gasteiger partial charge on any atom is 0.234 e. The van der Waals surface area contributed by atoms with Crippen molar-refractivity contribution in [3.8, 4) is 0 Å². The molecule has 0 radical (unpaired) electrons. The molecule has 2 rings (SSSR count). The highest BCUT2D eigenvalue weighted by atomic mass is 35.5. The van der Waals surface area contributed by atoms with Crippen LogP contribution in [0.25, 0.3) is 0 Å². The molecule has 1 atom stereocenters. The summed E-state index contributed by atoms with van der Waals surface area (Å²) in [6.07, 6.45) is 2.68. The third-order valence-electron chi connectivity index (χ3n) is 4.13. The molecule has 1 spiro atoms. The van der Waals surface area contributed by atoms with E-state index in [0.717, 1.165) is 19.3 Å². The summed E-state index contributed by atoms with van der Waals surface area (Å²) in [6.45, 7) is 1.47. The summed E-state index contributed by atoms with van der Waals surface area (Å²) < 4.78 is 18.5. The van der Waals surface area contributed by atoms with Crippen LogP contribution in [0.1, 0.15) is 19.3 Å². The smallest absolute Gasteiger partial charge is 0.234 e. The Kier molecular flexibility index (Phi) is 3.40. The minimum atomic E-state index is -0.366. The predicted molar refractivity (Wildman–Crippen MR) is 59.2 cm³/mol. The van der Waals surface area contributed by atoms with Crippen molar-refractivity contribution in [2.45, 2.75) is 19.3 Å². The van der Waals surface area contributed by atoms with Gasteiger partial charge < -0.3 is 10.1 Å². The maximum absolute atomic E-state index is 13.2. The summed E-state index contributed by atoms with van der Waals surface area (Å²) in [5, 5.41) is 2.71. The summed E-state index contributed by atoms with van der Waals surface area (Å²) >= 11 is 5.40. The molecule has 0 bridgehead atoms. The van der Waals surface area contributed by atoms with Gasteiger partial charge in [0.1, 0.15) is 5.88 Å². The zero-order chi connectivity index (χ0) is 11.6. The van der Waals surface area contributed by atoms with E-state index in [9.17, 15) is 9.18 Å². The molecule has 1 aliphatic heterocycles. The molecule has 5 heteroatoms. The number of ether oxygens (including phenoxy) is 1. The Labute approximate surface area is 99.7 Å². The molecule has 92 valence electrons. The van der Waals surface area contributed by atoms with E-state index in [1.165, 1.54) is 0 Å². The Morgan fingerprint density at radius 3 is 2.69 bits per heavy atom. The Bertz CT molecular complexity index is 281. The predicted octanol–water partition coefficient (Wildman–Crippen LogP) is 1.50. The maximum atomic E-state index is 13.2. The van der Waals surface area contributed by atoms with Gasteiger partial charge in [-0.25, -0.2) is 0 Å². The van der Waals surface area contributed by atoms with Crippen LogP contribution in [0, 0.1) is 10.8 Å². The standard InChI is InChI=1S/C11H17ClFNO2/c12-5-9(15)14-8-11(7-13)6-10(11)1-3-16-4-2-10/h1-8H2,(H,14,15). The minimum Gasteiger partial charge on any atom is -0.381 e. The van der Waals surface area contributed by atoms with Crippen LogP contribution >= 0.6 is 11.6 Å². The number of carbonyl (C=O) groups is 1.